The van der Waals surface area contributed by atoms with Gasteiger partial charge in [-0.3, -0.25) is 0 Å². The molecule has 0 amide bonds. The summed E-state index contributed by atoms with van der Waals surface area (Å²) >= 11 is 3.55. The van der Waals surface area contributed by atoms with Crippen molar-refractivity contribution in [3.8, 4) is 5.75 Å². The van der Waals surface area contributed by atoms with Gasteiger partial charge in [-0.2, -0.15) is 0 Å². The molecule has 2 unspecified atom stereocenters. The molecule has 0 saturated heterocycles. The zero-order chi connectivity index (χ0) is 14.6. The van der Waals surface area contributed by atoms with Crippen LogP contribution in [-0.2, 0) is 0 Å². The third kappa shape index (κ3) is 3.94. The molecule has 0 heterocycles. The van der Waals surface area contributed by atoms with Gasteiger partial charge in [-0.05, 0) is 50.7 Å². The maximum absolute atomic E-state index is 6.00. The molecule has 0 bridgehead atoms. The molecule has 0 aliphatic carbocycles. The normalized spacial score (nSPS) is 14.8. The average molecular weight is 329 g/mol. The van der Waals surface area contributed by atoms with E-state index in [4.69, 9.17) is 10.5 Å². The standard InChI is InChI=1S/C15H25BrN2O/c1-10(2)13(9-17)15(18(3)4)12-8-11(16)6-7-14(12)19-5/h6-8,10,13,15H,9,17H2,1-5H3. The molecule has 0 aromatic heterocycles. The van der Waals surface area contributed by atoms with Crippen molar-refractivity contribution in [1.82, 2.24) is 4.90 Å². The number of nitrogens with zero attached hydrogens (tertiary/aromatic N) is 1. The van der Waals surface area contributed by atoms with Crippen LogP contribution in [0.1, 0.15) is 25.5 Å². The van der Waals surface area contributed by atoms with Gasteiger partial charge < -0.3 is 15.4 Å². The molecule has 4 heteroatoms. The highest BCUT2D eigenvalue weighted by atomic mass is 79.9. The Morgan fingerprint density at radius 2 is 1.95 bits per heavy atom. The number of methoxy groups -OCH3 is 1. The Kier molecular flexibility index (Phi) is 6.30. The Morgan fingerprint density at radius 1 is 1.32 bits per heavy atom. The van der Waals surface area contributed by atoms with E-state index in [0.717, 1.165) is 10.2 Å². The van der Waals surface area contributed by atoms with Crippen LogP contribution in [-0.4, -0.2) is 32.6 Å². The molecule has 19 heavy (non-hydrogen) atoms. The predicted octanol–water partition coefficient (Wildman–Crippen LogP) is 3.29. The number of nitrogens with two attached hydrogens (primary N) is 1. The summed E-state index contributed by atoms with van der Waals surface area (Å²) in [5.41, 5.74) is 7.19. The maximum Gasteiger partial charge on any atom is 0.123 e. The fourth-order valence-corrected chi connectivity index (χ4v) is 2.97. The summed E-state index contributed by atoms with van der Waals surface area (Å²) in [5.74, 6) is 1.82. The fraction of sp³-hybridized carbons (Fsp3) is 0.600. The van der Waals surface area contributed by atoms with Crippen LogP contribution in [0, 0.1) is 11.8 Å². The topological polar surface area (TPSA) is 38.5 Å². The van der Waals surface area contributed by atoms with E-state index < -0.39 is 0 Å². The summed E-state index contributed by atoms with van der Waals surface area (Å²) in [4.78, 5) is 2.22. The first-order valence-corrected chi connectivity index (χ1v) is 7.41. The average Bonchev–Trinajstić information content (AvgIpc) is 2.34. The van der Waals surface area contributed by atoms with Crippen LogP contribution < -0.4 is 10.5 Å². The Bertz CT molecular complexity index is 407. The van der Waals surface area contributed by atoms with Gasteiger partial charge in [0.2, 0.25) is 0 Å². The van der Waals surface area contributed by atoms with Gasteiger partial charge in [0.1, 0.15) is 5.75 Å². The lowest BCUT2D eigenvalue weighted by Gasteiger charge is -2.35. The second kappa shape index (κ2) is 7.27. The lowest BCUT2D eigenvalue weighted by Crippen LogP contribution is -2.35. The Balaban J connectivity index is 3.29. The van der Waals surface area contributed by atoms with E-state index in [2.05, 4.69) is 54.8 Å². The zero-order valence-electron chi connectivity index (χ0n) is 12.5. The third-order valence-corrected chi connectivity index (χ3v) is 4.09. The monoisotopic (exact) mass is 328 g/mol. The van der Waals surface area contributed by atoms with Crippen LogP contribution in [0.15, 0.2) is 22.7 Å². The van der Waals surface area contributed by atoms with Gasteiger partial charge >= 0.3 is 0 Å². The molecule has 0 saturated carbocycles. The molecule has 1 aromatic carbocycles. The van der Waals surface area contributed by atoms with Crippen LogP contribution >= 0.6 is 15.9 Å². The SMILES string of the molecule is COc1ccc(Br)cc1C(C(CN)C(C)C)N(C)C. The molecule has 0 spiro atoms. The highest BCUT2D eigenvalue weighted by Crippen LogP contribution is 2.37. The highest BCUT2D eigenvalue weighted by molar-refractivity contribution is 9.10. The van der Waals surface area contributed by atoms with Gasteiger partial charge in [0.15, 0.2) is 0 Å². The number of rotatable bonds is 6. The molecule has 108 valence electrons. The summed E-state index contributed by atoms with van der Waals surface area (Å²) in [5, 5.41) is 0. The van der Waals surface area contributed by atoms with Crippen molar-refractivity contribution in [2.24, 2.45) is 17.6 Å². The summed E-state index contributed by atoms with van der Waals surface area (Å²) in [7, 11) is 5.90. The van der Waals surface area contributed by atoms with Crippen molar-refractivity contribution in [3.63, 3.8) is 0 Å². The van der Waals surface area contributed by atoms with Crippen LogP contribution in [0.2, 0.25) is 0 Å². The largest absolute Gasteiger partial charge is 0.496 e. The number of benzene rings is 1. The Morgan fingerprint density at radius 3 is 2.37 bits per heavy atom. The first kappa shape index (κ1) is 16.5. The van der Waals surface area contributed by atoms with E-state index in [9.17, 15) is 0 Å². The predicted molar refractivity (Wildman–Crippen MR) is 84.5 cm³/mol. The van der Waals surface area contributed by atoms with E-state index >= 15 is 0 Å². The molecule has 0 aliphatic heterocycles. The molecule has 1 aromatic rings. The molecule has 0 fully saturated rings. The van der Waals surface area contributed by atoms with Crippen molar-refractivity contribution in [2.75, 3.05) is 27.7 Å². The minimum absolute atomic E-state index is 0.248. The van der Waals surface area contributed by atoms with Gasteiger partial charge in [0, 0.05) is 16.1 Å². The second-order valence-electron chi connectivity index (χ2n) is 5.44. The molecule has 1 rings (SSSR count). The van der Waals surface area contributed by atoms with Gasteiger partial charge in [-0.1, -0.05) is 29.8 Å². The van der Waals surface area contributed by atoms with Crippen molar-refractivity contribution in [1.29, 1.82) is 0 Å². The second-order valence-corrected chi connectivity index (χ2v) is 6.35. The smallest absolute Gasteiger partial charge is 0.123 e. The van der Waals surface area contributed by atoms with Gasteiger partial charge in [-0.25, -0.2) is 0 Å². The van der Waals surface area contributed by atoms with E-state index in [1.807, 2.05) is 12.1 Å². The van der Waals surface area contributed by atoms with Crippen LogP contribution in [0.4, 0.5) is 0 Å². The van der Waals surface area contributed by atoms with Crippen LogP contribution in [0.5, 0.6) is 5.75 Å². The van der Waals surface area contributed by atoms with Crippen LogP contribution in [0.3, 0.4) is 0 Å². The Labute approximate surface area is 125 Å². The summed E-state index contributed by atoms with van der Waals surface area (Å²) in [6.45, 7) is 5.10. The highest BCUT2D eigenvalue weighted by Gasteiger charge is 2.29. The molecular formula is C15H25BrN2O. The van der Waals surface area contributed by atoms with E-state index in [-0.39, 0.29) is 6.04 Å². The van der Waals surface area contributed by atoms with Crippen molar-refractivity contribution in [2.45, 2.75) is 19.9 Å². The van der Waals surface area contributed by atoms with Gasteiger partial charge in [0.05, 0.1) is 7.11 Å². The molecule has 0 aliphatic rings. The molecule has 2 atom stereocenters. The van der Waals surface area contributed by atoms with Crippen molar-refractivity contribution < 1.29 is 4.74 Å². The van der Waals surface area contributed by atoms with E-state index in [0.29, 0.717) is 18.4 Å². The van der Waals surface area contributed by atoms with Crippen molar-refractivity contribution >= 4 is 15.9 Å². The summed E-state index contributed by atoms with van der Waals surface area (Å²) in [6.07, 6.45) is 0. The molecule has 3 nitrogen and oxygen atoms in total. The summed E-state index contributed by atoms with van der Waals surface area (Å²) < 4.78 is 6.58. The van der Waals surface area contributed by atoms with Gasteiger partial charge in [0.25, 0.3) is 0 Å². The van der Waals surface area contributed by atoms with E-state index in [1.54, 1.807) is 7.11 Å². The zero-order valence-corrected chi connectivity index (χ0v) is 14.1. The lowest BCUT2D eigenvalue weighted by molar-refractivity contribution is 0.172. The first-order chi connectivity index (χ1) is 8.92. The number of hydrogen-bond donors (Lipinski definition) is 1. The molecule has 2 N–H and O–H groups in total. The van der Waals surface area contributed by atoms with E-state index in [1.165, 1.54) is 5.56 Å². The molecular weight excluding hydrogens is 304 g/mol. The quantitative estimate of drug-likeness (QED) is 0.870. The summed E-state index contributed by atoms with van der Waals surface area (Å²) in [6, 6.07) is 6.39. The lowest BCUT2D eigenvalue weighted by atomic mass is 9.83. The minimum atomic E-state index is 0.248. The molecule has 0 radical (unpaired) electrons. The Hall–Kier alpha value is -0.580. The maximum atomic E-state index is 6.00. The van der Waals surface area contributed by atoms with Crippen molar-refractivity contribution in [3.05, 3.63) is 28.2 Å². The first-order valence-electron chi connectivity index (χ1n) is 6.62. The number of hydrogen-bond acceptors (Lipinski definition) is 3. The van der Waals surface area contributed by atoms with Gasteiger partial charge in [-0.15, -0.1) is 0 Å². The number of halogens is 1. The number of ether oxygens (including phenoxy) is 1. The minimum Gasteiger partial charge on any atom is -0.496 e. The van der Waals surface area contributed by atoms with Crippen LogP contribution in [0.25, 0.3) is 0 Å². The third-order valence-electron chi connectivity index (χ3n) is 3.60. The fourth-order valence-electron chi connectivity index (χ4n) is 2.59.